The van der Waals surface area contributed by atoms with Gasteiger partial charge in [-0.1, -0.05) is 29.8 Å². The second kappa shape index (κ2) is 10.9. The standard InChI is InChI=1S/C26H27F3N4O4S/c1-16-2-4-17(5-3-16)22-12-18(37-26(28)29)7-10-33(22)21-8-11-36-23-14-24(20(27)13-19(21)23)38(34,35)32-25-6-9-30-15-31-25/h2-6,9,13-15,18,21-22,26H,7-8,10-12H2,1H3,(H,30,31,32)/t18-,21+,22+/m1/s1. The first kappa shape index (κ1) is 26.4. The molecule has 0 aliphatic carbocycles. The molecular weight excluding hydrogens is 521 g/mol. The molecule has 12 heteroatoms. The van der Waals surface area contributed by atoms with E-state index in [2.05, 4.69) is 19.6 Å². The number of aromatic nitrogens is 2. The van der Waals surface area contributed by atoms with Crippen molar-refractivity contribution in [2.45, 2.75) is 55.9 Å². The van der Waals surface area contributed by atoms with E-state index in [1.165, 1.54) is 30.7 Å². The van der Waals surface area contributed by atoms with E-state index in [1.807, 2.05) is 31.2 Å². The van der Waals surface area contributed by atoms with Gasteiger partial charge in [-0.2, -0.15) is 8.78 Å². The first-order chi connectivity index (χ1) is 18.2. The van der Waals surface area contributed by atoms with Crippen LogP contribution in [0.2, 0.25) is 0 Å². The zero-order valence-electron chi connectivity index (χ0n) is 20.6. The molecule has 0 bridgehead atoms. The number of alkyl halides is 2. The van der Waals surface area contributed by atoms with Gasteiger partial charge in [-0.3, -0.25) is 9.62 Å². The van der Waals surface area contributed by atoms with Crippen LogP contribution in [0.5, 0.6) is 5.75 Å². The number of sulfonamides is 1. The van der Waals surface area contributed by atoms with Crippen LogP contribution in [0.25, 0.3) is 0 Å². The van der Waals surface area contributed by atoms with Crippen LogP contribution in [0, 0.1) is 12.7 Å². The molecule has 1 aromatic heterocycles. The summed E-state index contributed by atoms with van der Waals surface area (Å²) in [7, 11) is -4.29. The summed E-state index contributed by atoms with van der Waals surface area (Å²) < 4.78 is 80.1. The lowest BCUT2D eigenvalue weighted by Gasteiger charge is -2.45. The van der Waals surface area contributed by atoms with Gasteiger partial charge in [0.1, 0.15) is 28.6 Å². The fourth-order valence-electron chi connectivity index (χ4n) is 5.18. The highest BCUT2D eigenvalue weighted by Gasteiger charge is 2.39. The average Bonchev–Trinajstić information content (AvgIpc) is 2.88. The Hall–Kier alpha value is -3.22. The highest BCUT2D eigenvalue weighted by molar-refractivity contribution is 7.92. The highest BCUT2D eigenvalue weighted by atomic mass is 32.2. The maximum Gasteiger partial charge on any atom is 0.345 e. The molecule has 1 fully saturated rings. The molecule has 0 amide bonds. The van der Waals surface area contributed by atoms with Gasteiger partial charge in [-0.05, 0) is 37.5 Å². The fraction of sp³-hybridized carbons (Fsp3) is 0.385. The third-order valence-corrected chi connectivity index (χ3v) is 8.31. The molecular formula is C26H27F3N4O4S. The molecule has 1 N–H and O–H groups in total. The van der Waals surface area contributed by atoms with Crippen molar-refractivity contribution in [3.05, 3.63) is 77.5 Å². The molecule has 1 saturated heterocycles. The van der Waals surface area contributed by atoms with E-state index in [4.69, 9.17) is 9.47 Å². The van der Waals surface area contributed by atoms with E-state index in [1.54, 1.807) is 0 Å². The molecule has 2 aliphatic rings. The topological polar surface area (TPSA) is 93.7 Å². The van der Waals surface area contributed by atoms with E-state index in [9.17, 15) is 17.2 Å². The molecule has 0 saturated carbocycles. The molecule has 202 valence electrons. The maximum atomic E-state index is 15.4. The van der Waals surface area contributed by atoms with Crippen LogP contribution in [0.4, 0.5) is 19.0 Å². The molecule has 2 aromatic carbocycles. The third kappa shape index (κ3) is 5.62. The minimum absolute atomic E-state index is 0.00532. The average molecular weight is 549 g/mol. The van der Waals surface area contributed by atoms with Gasteiger partial charge < -0.3 is 9.47 Å². The number of halogens is 3. The molecule has 0 unspecified atom stereocenters. The van der Waals surface area contributed by atoms with Gasteiger partial charge >= 0.3 is 6.61 Å². The zero-order chi connectivity index (χ0) is 26.9. The van der Waals surface area contributed by atoms with Crippen molar-refractivity contribution in [3.8, 4) is 5.75 Å². The van der Waals surface area contributed by atoms with Crippen molar-refractivity contribution in [2.24, 2.45) is 0 Å². The Morgan fingerprint density at radius 1 is 1.13 bits per heavy atom. The Labute approximate surface area is 218 Å². The Morgan fingerprint density at radius 3 is 2.63 bits per heavy atom. The summed E-state index contributed by atoms with van der Waals surface area (Å²) in [5.74, 6) is -0.659. The lowest BCUT2D eigenvalue weighted by atomic mass is 9.88. The minimum Gasteiger partial charge on any atom is -0.493 e. The zero-order valence-corrected chi connectivity index (χ0v) is 21.4. The van der Waals surface area contributed by atoms with Crippen LogP contribution in [0.1, 0.15) is 48.0 Å². The summed E-state index contributed by atoms with van der Waals surface area (Å²) in [6, 6.07) is 11.0. The van der Waals surface area contributed by atoms with Crippen molar-refractivity contribution in [1.82, 2.24) is 14.9 Å². The van der Waals surface area contributed by atoms with Crippen molar-refractivity contribution in [1.29, 1.82) is 0 Å². The summed E-state index contributed by atoms with van der Waals surface area (Å²) >= 11 is 0. The van der Waals surface area contributed by atoms with Crippen LogP contribution >= 0.6 is 0 Å². The van der Waals surface area contributed by atoms with Crippen LogP contribution in [-0.4, -0.2) is 49.2 Å². The van der Waals surface area contributed by atoms with E-state index in [0.29, 0.717) is 31.4 Å². The third-order valence-electron chi connectivity index (χ3n) is 6.94. The lowest BCUT2D eigenvalue weighted by molar-refractivity contribution is -0.180. The number of piperidine rings is 1. The first-order valence-corrected chi connectivity index (χ1v) is 13.7. The number of aryl methyl sites for hydroxylation is 1. The molecule has 3 atom stereocenters. The quantitative estimate of drug-likeness (QED) is 0.445. The predicted octanol–water partition coefficient (Wildman–Crippen LogP) is 4.99. The van der Waals surface area contributed by atoms with Gasteiger partial charge in [0, 0.05) is 42.9 Å². The molecule has 8 nitrogen and oxygen atoms in total. The largest absolute Gasteiger partial charge is 0.493 e. The van der Waals surface area contributed by atoms with Crippen LogP contribution in [0.15, 0.2) is 59.9 Å². The molecule has 3 heterocycles. The van der Waals surface area contributed by atoms with Gasteiger partial charge in [0.25, 0.3) is 10.0 Å². The van der Waals surface area contributed by atoms with Crippen molar-refractivity contribution < 1.29 is 31.1 Å². The predicted molar refractivity (Wildman–Crippen MR) is 133 cm³/mol. The van der Waals surface area contributed by atoms with Crippen molar-refractivity contribution in [2.75, 3.05) is 17.9 Å². The molecule has 3 aromatic rings. The van der Waals surface area contributed by atoms with Crippen molar-refractivity contribution in [3.63, 3.8) is 0 Å². The number of nitrogens with zero attached hydrogens (tertiary/aromatic N) is 3. The SMILES string of the molecule is Cc1ccc([C@@H]2C[C@H](OC(F)F)CCN2[C@H]2CCOc3cc(S(=O)(=O)Nc4ccncn4)c(F)cc32)cc1. The number of nitrogens with one attached hydrogen (secondary N) is 1. The lowest BCUT2D eigenvalue weighted by Crippen LogP contribution is -2.43. The minimum atomic E-state index is -4.29. The van der Waals surface area contributed by atoms with Crippen molar-refractivity contribution >= 4 is 15.8 Å². The van der Waals surface area contributed by atoms with Gasteiger partial charge in [0.15, 0.2) is 0 Å². The van der Waals surface area contributed by atoms with E-state index in [0.717, 1.165) is 11.1 Å². The highest BCUT2D eigenvalue weighted by Crippen LogP contribution is 2.45. The molecule has 38 heavy (non-hydrogen) atoms. The van der Waals surface area contributed by atoms with Gasteiger partial charge in [0.2, 0.25) is 0 Å². The van der Waals surface area contributed by atoms with E-state index in [-0.39, 0.29) is 30.3 Å². The Balaban J connectivity index is 1.47. The summed E-state index contributed by atoms with van der Waals surface area (Å²) in [5, 5.41) is 0. The maximum absolute atomic E-state index is 15.4. The van der Waals surface area contributed by atoms with Gasteiger partial charge in [-0.25, -0.2) is 22.8 Å². The molecule has 2 aliphatic heterocycles. The molecule has 0 spiro atoms. The molecule has 0 radical (unpaired) electrons. The Morgan fingerprint density at radius 2 is 1.92 bits per heavy atom. The fourth-order valence-corrected chi connectivity index (χ4v) is 6.26. The summed E-state index contributed by atoms with van der Waals surface area (Å²) in [6.07, 6.45) is 3.18. The smallest absolute Gasteiger partial charge is 0.345 e. The van der Waals surface area contributed by atoms with Crippen LogP contribution < -0.4 is 9.46 Å². The number of ether oxygens (including phenoxy) is 2. The Bertz CT molecular complexity index is 1380. The van der Waals surface area contributed by atoms with Gasteiger partial charge in [0.05, 0.1) is 12.7 Å². The number of anilines is 1. The van der Waals surface area contributed by atoms with E-state index < -0.39 is 33.5 Å². The number of hydrogen-bond donors (Lipinski definition) is 1. The Kier molecular flexibility index (Phi) is 7.55. The number of fused-ring (bicyclic) bond motifs is 1. The number of likely N-dealkylation sites (tertiary alicyclic amines) is 1. The summed E-state index contributed by atoms with van der Waals surface area (Å²) in [5.41, 5.74) is 2.53. The van der Waals surface area contributed by atoms with Crippen LogP contribution in [-0.2, 0) is 14.8 Å². The van der Waals surface area contributed by atoms with E-state index >= 15 is 4.39 Å². The number of benzene rings is 2. The second-order valence-corrected chi connectivity index (χ2v) is 11.0. The molecule has 5 rings (SSSR count). The first-order valence-electron chi connectivity index (χ1n) is 12.2. The summed E-state index contributed by atoms with van der Waals surface area (Å²) in [4.78, 5) is 9.16. The normalized spacial score (nSPS) is 22.1. The van der Waals surface area contributed by atoms with Gasteiger partial charge in [-0.15, -0.1) is 0 Å². The summed E-state index contributed by atoms with van der Waals surface area (Å²) in [6.45, 7) is -0.166. The monoisotopic (exact) mass is 548 g/mol. The number of hydrogen-bond acceptors (Lipinski definition) is 7. The number of rotatable bonds is 7. The second-order valence-electron chi connectivity index (χ2n) is 9.38. The van der Waals surface area contributed by atoms with Crippen LogP contribution in [0.3, 0.4) is 0 Å².